The molecule has 0 aliphatic heterocycles. The summed E-state index contributed by atoms with van der Waals surface area (Å²) >= 11 is 2.78. The van der Waals surface area contributed by atoms with Gasteiger partial charge in [-0.1, -0.05) is 0 Å². The molecule has 0 spiro atoms. The van der Waals surface area contributed by atoms with Crippen molar-refractivity contribution in [1.29, 1.82) is 0 Å². The molecule has 3 nitrogen and oxygen atoms in total. The molecule has 0 radical (unpaired) electrons. The first kappa shape index (κ1) is 11.8. The number of rotatable bonds is 3. The molecule has 0 heterocycles. The molecule has 0 unspecified atom stereocenters. The minimum Gasteiger partial charge on any atom is -0.478 e. The molecule has 0 aliphatic carbocycles. The van der Waals surface area contributed by atoms with Crippen molar-refractivity contribution in [2.45, 2.75) is 6.61 Å². The van der Waals surface area contributed by atoms with Crippen molar-refractivity contribution >= 4 is 21.9 Å². The average Bonchev–Trinajstić information content (AvgIpc) is 2.08. The maximum Gasteiger partial charge on any atom is 0.387 e. The van der Waals surface area contributed by atoms with Crippen LogP contribution in [0.2, 0.25) is 0 Å². The topological polar surface area (TPSA) is 46.5 Å². The summed E-state index contributed by atoms with van der Waals surface area (Å²) in [6.07, 6.45) is 0. The number of ether oxygens (including phenoxy) is 1. The second kappa shape index (κ2) is 4.52. The third kappa shape index (κ3) is 2.85. The lowest BCUT2D eigenvalue weighted by atomic mass is 10.2. The normalized spacial score (nSPS) is 10.5. The average molecular weight is 285 g/mol. The standard InChI is InChI=1S/C8H4BrF3O3/c9-4-2-5(10)6(15-8(11)12)1-3(4)7(13)14/h1-2,8H,(H,13,14). The molecular formula is C8H4BrF3O3. The summed E-state index contributed by atoms with van der Waals surface area (Å²) in [5.41, 5.74) is -0.355. The number of carbonyl (C=O) groups is 1. The predicted molar refractivity (Wildman–Crippen MR) is 47.7 cm³/mol. The Labute approximate surface area is 90.6 Å². The highest BCUT2D eigenvalue weighted by atomic mass is 79.9. The number of halogens is 4. The molecule has 1 N–H and O–H groups in total. The van der Waals surface area contributed by atoms with Crippen molar-refractivity contribution in [3.05, 3.63) is 28.0 Å². The summed E-state index contributed by atoms with van der Waals surface area (Å²) in [5, 5.41) is 8.62. The molecule has 82 valence electrons. The number of alkyl halides is 2. The first-order chi connectivity index (χ1) is 6.91. The van der Waals surface area contributed by atoms with E-state index in [1.807, 2.05) is 0 Å². The van der Waals surface area contributed by atoms with Gasteiger partial charge >= 0.3 is 12.6 Å². The van der Waals surface area contributed by atoms with Gasteiger partial charge in [0.15, 0.2) is 11.6 Å². The fourth-order valence-electron chi connectivity index (χ4n) is 0.879. The highest BCUT2D eigenvalue weighted by molar-refractivity contribution is 9.10. The van der Waals surface area contributed by atoms with Gasteiger partial charge in [0, 0.05) is 4.47 Å². The number of aromatic carboxylic acids is 1. The Balaban J connectivity index is 3.17. The van der Waals surface area contributed by atoms with E-state index in [0.717, 1.165) is 6.07 Å². The molecule has 0 saturated carbocycles. The van der Waals surface area contributed by atoms with Gasteiger partial charge in [0.05, 0.1) is 5.56 Å². The summed E-state index contributed by atoms with van der Waals surface area (Å²) in [6, 6.07) is 1.44. The van der Waals surface area contributed by atoms with Crippen LogP contribution >= 0.6 is 15.9 Å². The highest BCUT2D eigenvalue weighted by Gasteiger charge is 2.16. The summed E-state index contributed by atoms with van der Waals surface area (Å²) in [4.78, 5) is 10.6. The lowest BCUT2D eigenvalue weighted by Crippen LogP contribution is -2.06. The maximum atomic E-state index is 13.0. The molecule has 0 aromatic heterocycles. The van der Waals surface area contributed by atoms with Gasteiger partial charge in [-0.15, -0.1) is 0 Å². The van der Waals surface area contributed by atoms with Crippen LogP contribution in [-0.4, -0.2) is 17.7 Å². The van der Waals surface area contributed by atoms with Gasteiger partial charge in [0.2, 0.25) is 0 Å². The van der Waals surface area contributed by atoms with E-state index >= 15 is 0 Å². The molecule has 7 heteroatoms. The molecule has 0 fully saturated rings. The lowest BCUT2D eigenvalue weighted by Gasteiger charge is -2.07. The molecule has 15 heavy (non-hydrogen) atoms. The van der Waals surface area contributed by atoms with Crippen molar-refractivity contribution in [2.75, 3.05) is 0 Å². The predicted octanol–water partition coefficient (Wildman–Crippen LogP) is 2.89. The Morgan fingerprint density at radius 2 is 2.07 bits per heavy atom. The summed E-state index contributed by atoms with van der Waals surface area (Å²) in [7, 11) is 0. The van der Waals surface area contributed by atoms with Gasteiger partial charge in [0.25, 0.3) is 0 Å². The van der Waals surface area contributed by atoms with Gasteiger partial charge in [0.1, 0.15) is 0 Å². The van der Waals surface area contributed by atoms with Crippen LogP contribution in [0.4, 0.5) is 13.2 Å². The zero-order valence-electron chi connectivity index (χ0n) is 7.01. The zero-order valence-corrected chi connectivity index (χ0v) is 8.59. The lowest BCUT2D eigenvalue weighted by molar-refractivity contribution is -0.0522. The number of carboxylic acids is 1. The second-order valence-corrected chi connectivity index (χ2v) is 3.30. The van der Waals surface area contributed by atoms with Gasteiger partial charge < -0.3 is 9.84 Å². The largest absolute Gasteiger partial charge is 0.478 e. The molecule has 0 bridgehead atoms. The molecule has 0 aliphatic rings. The van der Waals surface area contributed by atoms with Crippen molar-refractivity contribution in [3.8, 4) is 5.75 Å². The van der Waals surface area contributed by atoms with Crippen molar-refractivity contribution in [2.24, 2.45) is 0 Å². The highest BCUT2D eigenvalue weighted by Crippen LogP contribution is 2.27. The van der Waals surface area contributed by atoms with E-state index in [4.69, 9.17) is 5.11 Å². The van der Waals surface area contributed by atoms with Crippen LogP contribution in [0.5, 0.6) is 5.75 Å². The molecule has 1 aromatic carbocycles. The number of carboxylic acid groups (broad SMARTS) is 1. The van der Waals surface area contributed by atoms with E-state index in [2.05, 4.69) is 20.7 Å². The monoisotopic (exact) mass is 284 g/mol. The van der Waals surface area contributed by atoms with Crippen molar-refractivity contribution < 1.29 is 27.8 Å². The molecule has 0 amide bonds. The fourth-order valence-corrected chi connectivity index (χ4v) is 1.36. The Morgan fingerprint density at radius 3 is 2.53 bits per heavy atom. The van der Waals surface area contributed by atoms with Crippen LogP contribution in [0.15, 0.2) is 16.6 Å². The smallest absolute Gasteiger partial charge is 0.387 e. The Morgan fingerprint density at radius 1 is 1.47 bits per heavy atom. The summed E-state index contributed by atoms with van der Waals surface area (Å²) in [6.45, 7) is -3.21. The molecule has 0 saturated heterocycles. The molecular weight excluding hydrogens is 281 g/mol. The quantitative estimate of drug-likeness (QED) is 0.928. The first-order valence-corrected chi connectivity index (χ1v) is 4.38. The SMILES string of the molecule is O=C(O)c1cc(OC(F)F)c(F)cc1Br. The molecule has 1 rings (SSSR count). The van der Waals surface area contributed by atoms with Crippen molar-refractivity contribution in [3.63, 3.8) is 0 Å². The van der Waals surface area contributed by atoms with E-state index in [-0.39, 0.29) is 10.0 Å². The Bertz CT molecular complexity index is 395. The van der Waals surface area contributed by atoms with Crippen LogP contribution in [0.3, 0.4) is 0 Å². The maximum absolute atomic E-state index is 13.0. The Kier molecular flexibility index (Phi) is 3.57. The second-order valence-electron chi connectivity index (χ2n) is 2.45. The summed E-state index contributed by atoms with van der Waals surface area (Å²) in [5.74, 6) is -3.24. The van der Waals surface area contributed by atoms with Gasteiger partial charge in [-0.2, -0.15) is 8.78 Å². The van der Waals surface area contributed by atoms with Crippen LogP contribution in [0, 0.1) is 5.82 Å². The Hall–Kier alpha value is -1.24. The minimum absolute atomic E-state index is 0.0471. The fraction of sp³-hybridized carbons (Fsp3) is 0.125. The van der Waals surface area contributed by atoms with E-state index in [9.17, 15) is 18.0 Å². The molecule has 1 aromatic rings. The number of hydrogen-bond acceptors (Lipinski definition) is 2. The van der Waals surface area contributed by atoms with Crippen LogP contribution in [0.25, 0.3) is 0 Å². The minimum atomic E-state index is -3.21. The van der Waals surface area contributed by atoms with E-state index in [1.165, 1.54) is 0 Å². The van der Waals surface area contributed by atoms with Crippen molar-refractivity contribution in [1.82, 2.24) is 0 Å². The van der Waals surface area contributed by atoms with Gasteiger partial charge in [-0.25, -0.2) is 9.18 Å². The third-order valence-electron chi connectivity index (χ3n) is 1.47. The number of hydrogen-bond donors (Lipinski definition) is 1. The van der Waals surface area contributed by atoms with E-state index in [0.29, 0.717) is 6.07 Å². The van der Waals surface area contributed by atoms with E-state index < -0.39 is 24.1 Å². The number of benzene rings is 1. The van der Waals surface area contributed by atoms with Gasteiger partial charge in [-0.3, -0.25) is 0 Å². The first-order valence-electron chi connectivity index (χ1n) is 3.59. The van der Waals surface area contributed by atoms with Gasteiger partial charge in [-0.05, 0) is 28.1 Å². The summed E-state index contributed by atoms with van der Waals surface area (Å²) < 4.78 is 40.3. The van der Waals surface area contributed by atoms with Crippen LogP contribution in [0.1, 0.15) is 10.4 Å². The van der Waals surface area contributed by atoms with Crippen LogP contribution in [-0.2, 0) is 0 Å². The zero-order chi connectivity index (χ0) is 11.6. The van der Waals surface area contributed by atoms with Crippen LogP contribution < -0.4 is 4.74 Å². The molecule has 0 atom stereocenters. The van der Waals surface area contributed by atoms with E-state index in [1.54, 1.807) is 0 Å². The third-order valence-corrected chi connectivity index (χ3v) is 2.12.